The normalized spacial score (nSPS) is 16.4. The molecule has 1 aliphatic heterocycles. The first-order chi connectivity index (χ1) is 12.2. The van der Waals surface area contributed by atoms with Gasteiger partial charge in [-0.1, -0.05) is 24.3 Å². The van der Waals surface area contributed by atoms with Crippen LogP contribution in [0.25, 0.3) is 0 Å². The predicted octanol–water partition coefficient (Wildman–Crippen LogP) is 3.33. The second-order valence-electron chi connectivity index (χ2n) is 5.87. The number of hydrogen-bond acceptors (Lipinski definition) is 3. The molecule has 1 saturated heterocycles. The molecule has 0 aliphatic carbocycles. The van der Waals surface area contributed by atoms with Crippen molar-refractivity contribution in [3.05, 3.63) is 54.6 Å². The van der Waals surface area contributed by atoms with Gasteiger partial charge in [0.25, 0.3) is 0 Å². The van der Waals surface area contributed by atoms with E-state index in [0.717, 1.165) is 6.42 Å². The first kappa shape index (κ1) is 16.8. The lowest BCUT2D eigenvalue weighted by molar-refractivity contribution is -0.119. The molecule has 2 N–H and O–H groups in total. The van der Waals surface area contributed by atoms with E-state index in [1.807, 2.05) is 42.5 Å². The molecular weight excluding hydrogens is 318 g/mol. The van der Waals surface area contributed by atoms with E-state index < -0.39 is 6.04 Å². The molecule has 2 aromatic rings. The minimum atomic E-state index is -0.477. The summed E-state index contributed by atoms with van der Waals surface area (Å²) in [5.41, 5.74) is 1.37. The fraction of sp³-hybridized carbons (Fsp3) is 0.263. The number of ether oxygens (including phenoxy) is 1. The number of rotatable bonds is 4. The van der Waals surface area contributed by atoms with Crippen molar-refractivity contribution in [2.45, 2.75) is 18.9 Å². The monoisotopic (exact) mass is 339 g/mol. The smallest absolute Gasteiger partial charge is 0.322 e. The van der Waals surface area contributed by atoms with Gasteiger partial charge in [0.2, 0.25) is 5.91 Å². The van der Waals surface area contributed by atoms with Crippen molar-refractivity contribution in [1.29, 1.82) is 0 Å². The number of nitrogens with one attached hydrogen (secondary N) is 2. The number of amides is 3. The minimum absolute atomic E-state index is 0.186. The maximum absolute atomic E-state index is 12.6. The second kappa shape index (κ2) is 7.70. The third kappa shape index (κ3) is 4.09. The Morgan fingerprint density at radius 3 is 2.56 bits per heavy atom. The van der Waals surface area contributed by atoms with Gasteiger partial charge in [0.15, 0.2) is 0 Å². The number of anilines is 2. The summed E-state index contributed by atoms with van der Waals surface area (Å²) in [6, 6.07) is 15.7. The molecule has 0 bridgehead atoms. The summed E-state index contributed by atoms with van der Waals surface area (Å²) >= 11 is 0. The SMILES string of the molecule is COc1cccc(NC(=O)[C@@H]2CCCN2C(=O)Nc2ccccc2)c1. The van der Waals surface area contributed by atoms with Crippen LogP contribution in [0.2, 0.25) is 0 Å². The fourth-order valence-electron chi connectivity index (χ4n) is 2.93. The molecule has 0 radical (unpaired) electrons. The molecule has 3 amide bonds. The predicted molar refractivity (Wildman–Crippen MR) is 96.8 cm³/mol. The molecule has 1 fully saturated rings. The van der Waals surface area contributed by atoms with Crippen LogP contribution in [-0.4, -0.2) is 36.5 Å². The van der Waals surface area contributed by atoms with Gasteiger partial charge in [-0.2, -0.15) is 0 Å². The van der Waals surface area contributed by atoms with Crippen LogP contribution in [0.5, 0.6) is 5.75 Å². The number of likely N-dealkylation sites (tertiary alicyclic amines) is 1. The highest BCUT2D eigenvalue weighted by atomic mass is 16.5. The van der Waals surface area contributed by atoms with Gasteiger partial charge in [-0.15, -0.1) is 0 Å². The lowest BCUT2D eigenvalue weighted by Gasteiger charge is -2.24. The standard InChI is InChI=1S/C19H21N3O3/c1-25-16-10-5-9-15(13-16)20-18(23)17-11-6-12-22(17)19(24)21-14-7-3-2-4-8-14/h2-5,7-10,13,17H,6,11-12H2,1H3,(H,20,23)(H,21,24)/t17-/m0/s1. The quantitative estimate of drug-likeness (QED) is 0.897. The molecular formula is C19H21N3O3. The van der Waals surface area contributed by atoms with E-state index in [1.54, 1.807) is 24.1 Å². The van der Waals surface area contributed by atoms with Crippen LogP contribution >= 0.6 is 0 Å². The first-order valence-corrected chi connectivity index (χ1v) is 8.25. The van der Waals surface area contributed by atoms with E-state index in [1.165, 1.54) is 0 Å². The minimum Gasteiger partial charge on any atom is -0.497 e. The van der Waals surface area contributed by atoms with Gasteiger partial charge in [0.05, 0.1) is 7.11 Å². The molecule has 130 valence electrons. The molecule has 6 heteroatoms. The van der Waals surface area contributed by atoms with E-state index in [9.17, 15) is 9.59 Å². The summed E-state index contributed by atoms with van der Waals surface area (Å²) in [5.74, 6) is 0.483. The summed E-state index contributed by atoms with van der Waals surface area (Å²) in [4.78, 5) is 26.7. The molecule has 6 nitrogen and oxygen atoms in total. The average molecular weight is 339 g/mol. The van der Waals surface area contributed by atoms with Crippen LogP contribution in [0.15, 0.2) is 54.6 Å². The van der Waals surface area contributed by atoms with Gasteiger partial charge in [-0.3, -0.25) is 4.79 Å². The van der Waals surface area contributed by atoms with Crippen LogP contribution in [-0.2, 0) is 4.79 Å². The average Bonchev–Trinajstić information content (AvgIpc) is 3.13. The highest BCUT2D eigenvalue weighted by molar-refractivity contribution is 5.99. The molecule has 0 saturated carbocycles. The highest BCUT2D eigenvalue weighted by Crippen LogP contribution is 2.22. The fourth-order valence-corrected chi connectivity index (χ4v) is 2.93. The lowest BCUT2D eigenvalue weighted by atomic mass is 10.2. The van der Waals surface area contributed by atoms with Gasteiger partial charge in [0.1, 0.15) is 11.8 Å². The zero-order chi connectivity index (χ0) is 17.6. The molecule has 3 rings (SSSR count). The van der Waals surface area contributed by atoms with Crippen molar-refractivity contribution in [2.75, 3.05) is 24.3 Å². The Kier molecular flexibility index (Phi) is 5.18. The van der Waals surface area contributed by atoms with E-state index in [2.05, 4.69) is 10.6 Å². The summed E-state index contributed by atoms with van der Waals surface area (Å²) in [6.45, 7) is 0.564. The Morgan fingerprint density at radius 2 is 1.80 bits per heavy atom. The molecule has 2 aromatic carbocycles. The number of para-hydroxylation sites is 1. The van der Waals surface area contributed by atoms with Crippen LogP contribution in [0.4, 0.5) is 16.2 Å². The Bertz CT molecular complexity index is 749. The van der Waals surface area contributed by atoms with Gasteiger partial charge >= 0.3 is 6.03 Å². The van der Waals surface area contributed by atoms with Crippen LogP contribution < -0.4 is 15.4 Å². The second-order valence-corrected chi connectivity index (χ2v) is 5.87. The zero-order valence-electron chi connectivity index (χ0n) is 14.1. The molecule has 1 aliphatic rings. The van der Waals surface area contributed by atoms with Crippen molar-refractivity contribution in [2.24, 2.45) is 0 Å². The summed E-state index contributed by atoms with van der Waals surface area (Å²) in [5, 5.41) is 5.70. The number of urea groups is 1. The highest BCUT2D eigenvalue weighted by Gasteiger charge is 2.34. The molecule has 25 heavy (non-hydrogen) atoms. The largest absolute Gasteiger partial charge is 0.497 e. The number of carbonyl (C=O) groups is 2. The van der Waals surface area contributed by atoms with Gasteiger partial charge in [-0.25, -0.2) is 4.79 Å². The summed E-state index contributed by atoms with van der Waals surface area (Å²) < 4.78 is 5.16. The van der Waals surface area contributed by atoms with Crippen molar-refractivity contribution in [3.63, 3.8) is 0 Å². The number of methoxy groups -OCH3 is 1. The molecule has 0 unspecified atom stereocenters. The Hall–Kier alpha value is -3.02. The first-order valence-electron chi connectivity index (χ1n) is 8.25. The Labute approximate surface area is 146 Å². The Balaban J connectivity index is 1.65. The third-order valence-electron chi connectivity index (χ3n) is 4.18. The Morgan fingerprint density at radius 1 is 1.04 bits per heavy atom. The number of hydrogen-bond donors (Lipinski definition) is 2. The maximum Gasteiger partial charge on any atom is 0.322 e. The van der Waals surface area contributed by atoms with Crippen LogP contribution in [0.1, 0.15) is 12.8 Å². The van der Waals surface area contributed by atoms with Crippen molar-refractivity contribution < 1.29 is 14.3 Å². The van der Waals surface area contributed by atoms with Gasteiger partial charge < -0.3 is 20.3 Å². The van der Waals surface area contributed by atoms with Crippen molar-refractivity contribution >= 4 is 23.3 Å². The van der Waals surface area contributed by atoms with Crippen LogP contribution in [0.3, 0.4) is 0 Å². The van der Waals surface area contributed by atoms with Gasteiger partial charge in [-0.05, 0) is 37.1 Å². The van der Waals surface area contributed by atoms with E-state index in [-0.39, 0.29) is 11.9 Å². The van der Waals surface area contributed by atoms with E-state index in [4.69, 9.17) is 4.74 Å². The maximum atomic E-state index is 12.6. The lowest BCUT2D eigenvalue weighted by Crippen LogP contribution is -2.45. The number of nitrogens with zero attached hydrogens (tertiary/aromatic N) is 1. The summed E-state index contributed by atoms with van der Waals surface area (Å²) in [6.07, 6.45) is 1.45. The number of benzene rings is 2. The molecule has 1 heterocycles. The molecule has 0 spiro atoms. The molecule has 0 aromatic heterocycles. The molecule has 1 atom stereocenters. The van der Waals surface area contributed by atoms with E-state index >= 15 is 0 Å². The van der Waals surface area contributed by atoms with E-state index in [0.29, 0.717) is 30.1 Å². The van der Waals surface area contributed by atoms with Crippen molar-refractivity contribution in [1.82, 2.24) is 4.90 Å². The van der Waals surface area contributed by atoms with Gasteiger partial charge in [0, 0.05) is 24.0 Å². The van der Waals surface area contributed by atoms with Crippen LogP contribution in [0, 0.1) is 0 Å². The number of carbonyl (C=O) groups excluding carboxylic acids is 2. The third-order valence-corrected chi connectivity index (χ3v) is 4.18. The zero-order valence-corrected chi connectivity index (χ0v) is 14.1. The topological polar surface area (TPSA) is 70.7 Å². The summed E-state index contributed by atoms with van der Waals surface area (Å²) in [7, 11) is 1.58. The van der Waals surface area contributed by atoms with Crippen molar-refractivity contribution in [3.8, 4) is 5.75 Å².